The topological polar surface area (TPSA) is 54.3 Å². The number of carbonyl (C=O) groups is 2. The predicted molar refractivity (Wildman–Crippen MR) is 120 cm³/mol. The van der Waals surface area contributed by atoms with Crippen molar-refractivity contribution >= 4 is 23.2 Å². The van der Waals surface area contributed by atoms with E-state index in [1.807, 2.05) is 56.3 Å². The first-order valence-corrected chi connectivity index (χ1v) is 10.3. The van der Waals surface area contributed by atoms with Crippen LogP contribution in [-0.4, -0.2) is 22.9 Å². The molecule has 2 amide bonds. The van der Waals surface area contributed by atoms with Crippen LogP contribution in [0.5, 0.6) is 0 Å². The molecule has 1 saturated heterocycles. The molecule has 2 heterocycles. The summed E-state index contributed by atoms with van der Waals surface area (Å²) in [7, 11) is 0. The average molecular weight is 402 g/mol. The number of hydrogen-bond acceptors (Lipinski definition) is 2. The second-order valence-electron chi connectivity index (χ2n) is 8.11. The van der Waals surface area contributed by atoms with Crippen LogP contribution in [0.3, 0.4) is 0 Å². The van der Waals surface area contributed by atoms with Crippen LogP contribution in [0.25, 0.3) is 5.69 Å². The van der Waals surface area contributed by atoms with Crippen LogP contribution in [0.1, 0.15) is 28.9 Å². The summed E-state index contributed by atoms with van der Waals surface area (Å²) in [6.45, 7) is 8.60. The van der Waals surface area contributed by atoms with Crippen molar-refractivity contribution in [3.05, 3.63) is 77.1 Å². The second-order valence-corrected chi connectivity index (χ2v) is 8.11. The van der Waals surface area contributed by atoms with Gasteiger partial charge in [0.05, 0.1) is 5.92 Å². The van der Waals surface area contributed by atoms with E-state index in [0.29, 0.717) is 6.54 Å². The lowest BCUT2D eigenvalue weighted by molar-refractivity contribution is -0.122. The van der Waals surface area contributed by atoms with Crippen molar-refractivity contribution in [1.29, 1.82) is 0 Å². The smallest absolute Gasteiger partial charge is 0.229 e. The number of anilines is 2. The van der Waals surface area contributed by atoms with Gasteiger partial charge in [-0.15, -0.1) is 0 Å². The van der Waals surface area contributed by atoms with E-state index in [-0.39, 0.29) is 24.2 Å². The molecule has 0 unspecified atom stereocenters. The van der Waals surface area contributed by atoms with Gasteiger partial charge in [-0.1, -0.05) is 12.1 Å². The highest BCUT2D eigenvalue weighted by atomic mass is 16.2. The van der Waals surface area contributed by atoms with Crippen LogP contribution < -0.4 is 10.2 Å². The van der Waals surface area contributed by atoms with Crippen LogP contribution in [0, 0.1) is 33.6 Å². The Morgan fingerprint density at radius 3 is 2.27 bits per heavy atom. The Morgan fingerprint density at radius 1 is 0.933 bits per heavy atom. The fourth-order valence-electron chi connectivity index (χ4n) is 4.16. The second kappa shape index (κ2) is 7.82. The monoisotopic (exact) mass is 401 g/mol. The van der Waals surface area contributed by atoms with Gasteiger partial charge in [-0.05, 0) is 81.3 Å². The van der Waals surface area contributed by atoms with Gasteiger partial charge in [0.25, 0.3) is 0 Å². The van der Waals surface area contributed by atoms with Gasteiger partial charge < -0.3 is 14.8 Å². The molecule has 0 radical (unpaired) electrons. The molecule has 5 nitrogen and oxygen atoms in total. The minimum Gasteiger partial charge on any atom is -0.326 e. The van der Waals surface area contributed by atoms with Crippen LogP contribution >= 0.6 is 0 Å². The van der Waals surface area contributed by atoms with Gasteiger partial charge in [0.15, 0.2) is 0 Å². The van der Waals surface area contributed by atoms with Crippen LogP contribution in [0.2, 0.25) is 0 Å². The third kappa shape index (κ3) is 3.63. The van der Waals surface area contributed by atoms with Gasteiger partial charge in [-0.2, -0.15) is 0 Å². The zero-order valence-corrected chi connectivity index (χ0v) is 17.9. The molecule has 0 aliphatic carbocycles. The summed E-state index contributed by atoms with van der Waals surface area (Å²) in [6.07, 6.45) is 0.235. The van der Waals surface area contributed by atoms with Crippen molar-refractivity contribution in [2.24, 2.45) is 5.92 Å². The Hall–Kier alpha value is -3.34. The number of aryl methyl sites for hydroxylation is 3. The maximum Gasteiger partial charge on any atom is 0.229 e. The first-order valence-electron chi connectivity index (χ1n) is 10.3. The molecule has 1 N–H and O–H groups in total. The van der Waals surface area contributed by atoms with Crippen molar-refractivity contribution in [3.63, 3.8) is 0 Å². The van der Waals surface area contributed by atoms with Crippen LogP contribution in [0.15, 0.2) is 54.6 Å². The molecule has 5 heteroatoms. The maximum atomic E-state index is 12.8. The molecule has 1 aliphatic heterocycles. The number of aromatic nitrogens is 1. The highest BCUT2D eigenvalue weighted by Crippen LogP contribution is 2.30. The lowest BCUT2D eigenvalue weighted by Gasteiger charge is -2.20. The van der Waals surface area contributed by atoms with Crippen molar-refractivity contribution < 1.29 is 9.59 Å². The van der Waals surface area contributed by atoms with Gasteiger partial charge in [0.1, 0.15) is 0 Å². The fourth-order valence-corrected chi connectivity index (χ4v) is 4.16. The normalized spacial score (nSPS) is 16.2. The summed E-state index contributed by atoms with van der Waals surface area (Å²) >= 11 is 0. The first kappa shape index (κ1) is 20.0. The Morgan fingerprint density at radius 2 is 1.60 bits per heavy atom. The summed E-state index contributed by atoms with van der Waals surface area (Å²) in [5, 5.41) is 2.98. The Balaban J connectivity index is 1.46. The number of benzene rings is 2. The lowest BCUT2D eigenvalue weighted by atomic mass is 10.1. The summed E-state index contributed by atoms with van der Waals surface area (Å²) in [6, 6.07) is 17.9. The van der Waals surface area contributed by atoms with Crippen molar-refractivity contribution in [1.82, 2.24) is 4.57 Å². The van der Waals surface area contributed by atoms with E-state index in [2.05, 4.69) is 35.9 Å². The zero-order valence-electron chi connectivity index (χ0n) is 17.9. The van der Waals surface area contributed by atoms with E-state index in [1.165, 1.54) is 11.4 Å². The minimum atomic E-state index is -0.356. The first-order chi connectivity index (χ1) is 14.3. The average Bonchev–Trinajstić information content (AvgIpc) is 3.27. The fraction of sp³-hybridized carbons (Fsp3) is 0.280. The van der Waals surface area contributed by atoms with Crippen molar-refractivity contribution in [2.45, 2.75) is 34.1 Å². The number of rotatable bonds is 4. The minimum absolute atomic E-state index is 0.00208. The number of nitrogens with zero attached hydrogens (tertiary/aromatic N) is 2. The van der Waals surface area contributed by atoms with Gasteiger partial charge in [0, 0.05) is 41.4 Å². The number of nitrogens with one attached hydrogen (secondary N) is 1. The van der Waals surface area contributed by atoms with E-state index >= 15 is 0 Å². The molecule has 3 aromatic rings. The summed E-state index contributed by atoms with van der Waals surface area (Å²) in [4.78, 5) is 27.1. The molecule has 1 atom stereocenters. The summed E-state index contributed by atoms with van der Waals surface area (Å²) in [5.41, 5.74) is 7.26. The molecule has 2 aromatic carbocycles. The van der Waals surface area contributed by atoms with Crippen LogP contribution in [0.4, 0.5) is 11.4 Å². The van der Waals surface area contributed by atoms with Gasteiger partial charge in [0.2, 0.25) is 11.8 Å². The van der Waals surface area contributed by atoms with Gasteiger partial charge in [-0.25, -0.2) is 0 Å². The molecule has 30 heavy (non-hydrogen) atoms. The Bertz CT molecular complexity index is 1090. The van der Waals surface area contributed by atoms with E-state index < -0.39 is 0 Å². The number of carbonyl (C=O) groups excluding carboxylic acids is 2. The molecule has 0 saturated carbocycles. The lowest BCUT2D eigenvalue weighted by Crippen LogP contribution is -2.28. The predicted octanol–water partition coefficient (Wildman–Crippen LogP) is 4.70. The van der Waals surface area contributed by atoms with Gasteiger partial charge in [-0.3, -0.25) is 9.59 Å². The van der Waals surface area contributed by atoms with Crippen LogP contribution in [-0.2, 0) is 9.59 Å². The Labute approximate surface area is 177 Å². The van der Waals surface area contributed by atoms with E-state index in [0.717, 1.165) is 28.2 Å². The molecule has 1 aliphatic rings. The SMILES string of the molecule is Cc1cccc(N2C[C@@H](C(=O)Nc3ccc(-n4c(C)ccc4C)cc3)CC2=O)c1C. The number of hydrogen-bond donors (Lipinski definition) is 1. The highest BCUT2D eigenvalue weighted by molar-refractivity contribution is 6.03. The number of amides is 2. The van der Waals surface area contributed by atoms with Gasteiger partial charge >= 0.3 is 0 Å². The molecule has 0 spiro atoms. The van der Waals surface area contributed by atoms with E-state index in [4.69, 9.17) is 0 Å². The standard InChI is InChI=1S/C25H27N3O2/c1-16-6-5-7-23(19(16)4)27-15-20(14-24(27)29)25(30)26-21-10-12-22(13-11-21)28-17(2)8-9-18(28)3/h5-13,20H,14-15H2,1-4H3,(H,26,30)/t20-/m0/s1. The third-order valence-corrected chi connectivity index (χ3v) is 6.03. The third-order valence-electron chi connectivity index (χ3n) is 6.03. The molecule has 0 bridgehead atoms. The molecular formula is C25H27N3O2. The van der Waals surface area contributed by atoms with E-state index in [9.17, 15) is 9.59 Å². The molecule has 1 fully saturated rings. The largest absolute Gasteiger partial charge is 0.326 e. The Kier molecular flexibility index (Phi) is 5.20. The van der Waals surface area contributed by atoms with Crippen molar-refractivity contribution in [3.8, 4) is 5.69 Å². The molecular weight excluding hydrogens is 374 g/mol. The summed E-state index contributed by atoms with van der Waals surface area (Å²) < 4.78 is 2.17. The highest BCUT2D eigenvalue weighted by Gasteiger charge is 2.35. The van der Waals surface area contributed by atoms with E-state index in [1.54, 1.807) is 4.90 Å². The molecule has 154 valence electrons. The maximum absolute atomic E-state index is 12.8. The van der Waals surface area contributed by atoms with Crippen molar-refractivity contribution in [2.75, 3.05) is 16.8 Å². The zero-order chi connectivity index (χ0) is 21.4. The molecule has 1 aromatic heterocycles. The molecule has 4 rings (SSSR count). The summed E-state index contributed by atoms with van der Waals surface area (Å²) in [5.74, 6) is -0.471. The quantitative estimate of drug-likeness (QED) is 0.689.